The summed E-state index contributed by atoms with van der Waals surface area (Å²) in [5, 5.41) is 4.47. The van der Waals surface area contributed by atoms with Crippen molar-refractivity contribution in [3.8, 4) is 5.75 Å². The zero-order valence-corrected chi connectivity index (χ0v) is 14.3. The summed E-state index contributed by atoms with van der Waals surface area (Å²) < 4.78 is 35.9. The van der Waals surface area contributed by atoms with E-state index in [1.165, 1.54) is 19.2 Å². The highest BCUT2D eigenvalue weighted by molar-refractivity contribution is 5.97. The van der Waals surface area contributed by atoms with Crippen LogP contribution in [0.2, 0.25) is 0 Å². The summed E-state index contributed by atoms with van der Waals surface area (Å²) in [6.07, 6.45) is 0. The van der Waals surface area contributed by atoms with Gasteiger partial charge in [0.25, 0.3) is 11.8 Å². The molecule has 0 aliphatic rings. The lowest BCUT2D eigenvalue weighted by atomic mass is 10.2. The van der Waals surface area contributed by atoms with Gasteiger partial charge < -0.3 is 20.1 Å². The average Bonchev–Trinajstić information content (AvgIpc) is 2.66. The molecule has 2 rings (SSSR count). The standard InChI is InChI=1S/C18H16F2N2O5/c1-26-13-4-2-3-11(7-13)18(25)21-9-17(24)27-10-16(23)22-15-6-5-12(19)8-14(15)20/h2-8H,9-10H2,1H3,(H,21,25)(H,22,23). The van der Waals surface area contributed by atoms with Gasteiger partial charge in [0.1, 0.15) is 23.9 Å². The maximum Gasteiger partial charge on any atom is 0.325 e. The van der Waals surface area contributed by atoms with Crippen LogP contribution in [0.4, 0.5) is 14.5 Å². The van der Waals surface area contributed by atoms with E-state index < -0.39 is 42.6 Å². The van der Waals surface area contributed by atoms with Crippen molar-refractivity contribution in [2.24, 2.45) is 0 Å². The highest BCUT2D eigenvalue weighted by Gasteiger charge is 2.13. The molecule has 0 saturated heterocycles. The molecule has 2 aromatic rings. The zero-order chi connectivity index (χ0) is 19.8. The molecule has 0 bridgehead atoms. The SMILES string of the molecule is COc1cccc(C(=O)NCC(=O)OCC(=O)Nc2ccc(F)cc2F)c1. The molecular formula is C18H16F2N2O5. The molecule has 9 heteroatoms. The molecule has 0 saturated carbocycles. The Morgan fingerprint density at radius 1 is 1.07 bits per heavy atom. The van der Waals surface area contributed by atoms with Crippen LogP contribution in [0.25, 0.3) is 0 Å². The van der Waals surface area contributed by atoms with Crippen LogP contribution in [0, 0.1) is 11.6 Å². The Morgan fingerprint density at radius 3 is 2.56 bits per heavy atom. The highest BCUT2D eigenvalue weighted by atomic mass is 19.1. The Bertz CT molecular complexity index is 857. The van der Waals surface area contributed by atoms with Crippen LogP contribution >= 0.6 is 0 Å². The number of anilines is 1. The van der Waals surface area contributed by atoms with Crippen LogP contribution in [0.3, 0.4) is 0 Å². The molecule has 0 heterocycles. The van der Waals surface area contributed by atoms with Gasteiger partial charge in [-0.2, -0.15) is 0 Å². The van der Waals surface area contributed by atoms with E-state index >= 15 is 0 Å². The van der Waals surface area contributed by atoms with E-state index in [-0.39, 0.29) is 11.3 Å². The first-order valence-electron chi connectivity index (χ1n) is 7.72. The number of carbonyl (C=O) groups excluding carboxylic acids is 3. The monoisotopic (exact) mass is 378 g/mol. The summed E-state index contributed by atoms with van der Waals surface area (Å²) in [6, 6.07) is 8.92. The lowest BCUT2D eigenvalue weighted by molar-refractivity contribution is -0.146. The highest BCUT2D eigenvalue weighted by Crippen LogP contribution is 2.14. The number of carbonyl (C=O) groups is 3. The normalized spacial score (nSPS) is 10.0. The van der Waals surface area contributed by atoms with Crippen LogP contribution in [0.5, 0.6) is 5.75 Å². The zero-order valence-electron chi connectivity index (χ0n) is 14.3. The summed E-state index contributed by atoms with van der Waals surface area (Å²) in [4.78, 5) is 35.2. The molecule has 0 fully saturated rings. The molecule has 2 aromatic carbocycles. The number of nitrogens with one attached hydrogen (secondary N) is 2. The molecule has 2 N–H and O–H groups in total. The minimum Gasteiger partial charge on any atom is -0.497 e. The van der Waals surface area contributed by atoms with Crippen molar-refractivity contribution in [2.75, 3.05) is 25.6 Å². The molecule has 0 radical (unpaired) electrons. The van der Waals surface area contributed by atoms with E-state index in [0.717, 1.165) is 12.1 Å². The Balaban J connectivity index is 1.76. The Kier molecular flexibility index (Phi) is 6.81. The third kappa shape index (κ3) is 6.07. The van der Waals surface area contributed by atoms with Crippen molar-refractivity contribution in [1.82, 2.24) is 5.32 Å². The number of rotatable bonds is 7. The molecule has 0 unspecified atom stereocenters. The Hall–Kier alpha value is -3.49. The predicted octanol–water partition coefficient (Wildman–Crippen LogP) is 1.89. The topological polar surface area (TPSA) is 93.7 Å². The van der Waals surface area contributed by atoms with Crippen molar-refractivity contribution in [1.29, 1.82) is 0 Å². The maximum atomic E-state index is 13.4. The molecule has 0 atom stereocenters. The number of esters is 1. The molecule has 142 valence electrons. The van der Waals surface area contributed by atoms with E-state index in [1.807, 2.05) is 0 Å². The largest absolute Gasteiger partial charge is 0.497 e. The number of hydrogen-bond acceptors (Lipinski definition) is 5. The summed E-state index contributed by atoms with van der Waals surface area (Å²) >= 11 is 0. The number of ether oxygens (including phenoxy) is 2. The van der Waals surface area contributed by atoms with E-state index in [0.29, 0.717) is 11.8 Å². The Morgan fingerprint density at radius 2 is 1.85 bits per heavy atom. The lowest BCUT2D eigenvalue weighted by Gasteiger charge is -2.08. The van der Waals surface area contributed by atoms with Gasteiger partial charge in [0.05, 0.1) is 12.8 Å². The van der Waals surface area contributed by atoms with Gasteiger partial charge in [0, 0.05) is 11.6 Å². The second-order valence-corrected chi connectivity index (χ2v) is 5.25. The summed E-state index contributed by atoms with van der Waals surface area (Å²) in [6.45, 7) is -1.15. The van der Waals surface area contributed by atoms with Crippen LogP contribution in [-0.4, -0.2) is 38.0 Å². The fraction of sp³-hybridized carbons (Fsp3) is 0.167. The molecule has 0 aliphatic carbocycles. The minimum atomic E-state index is -0.958. The third-order valence-corrected chi connectivity index (χ3v) is 3.29. The first-order valence-corrected chi connectivity index (χ1v) is 7.72. The molecule has 2 amide bonds. The van der Waals surface area contributed by atoms with Gasteiger partial charge in [-0.05, 0) is 30.3 Å². The number of methoxy groups -OCH3 is 1. The second kappa shape index (κ2) is 9.27. The van der Waals surface area contributed by atoms with E-state index in [9.17, 15) is 23.2 Å². The van der Waals surface area contributed by atoms with Crippen molar-refractivity contribution >= 4 is 23.5 Å². The maximum absolute atomic E-state index is 13.4. The summed E-state index contributed by atoms with van der Waals surface area (Å²) in [5.41, 5.74) is 0.0375. The fourth-order valence-corrected chi connectivity index (χ4v) is 1.99. The minimum absolute atomic E-state index is 0.247. The van der Waals surface area contributed by atoms with Crippen molar-refractivity contribution < 1.29 is 32.6 Å². The first kappa shape index (κ1) is 19.8. The van der Waals surface area contributed by atoms with Crippen molar-refractivity contribution in [3.05, 3.63) is 59.7 Å². The van der Waals surface area contributed by atoms with E-state index in [1.54, 1.807) is 12.1 Å². The van der Waals surface area contributed by atoms with E-state index in [4.69, 9.17) is 4.74 Å². The molecule has 0 spiro atoms. The number of halogens is 2. The predicted molar refractivity (Wildman–Crippen MR) is 91.3 cm³/mol. The van der Waals surface area contributed by atoms with Gasteiger partial charge in [0.2, 0.25) is 0 Å². The van der Waals surface area contributed by atoms with Crippen LogP contribution < -0.4 is 15.4 Å². The molecule has 0 aromatic heterocycles. The second-order valence-electron chi connectivity index (χ2n) is 5.25. The van der Waals surface area contributed by atoms with Gasteiger partial charge >= 0.3 is 5.97 Å². The van der Waals surface area contributed by atoms with Gasteiger partial charge in [-0.25, -0.2) is 8.78 Å². The number of hydrogen-bond donors (Lipinski definition) is 2. The van der Waals surface area contributed by atoms with Gasteiger partial charge in [-0.1, -0.05) is 6.07 Å². The summed E-state index contributed by atoms with van der Waals surface area (Å²) in [7, 11) is 1.46. The Labute approximate surface area is 153 Å². The fourth-order valence-electron chi connectivity index (χ4n) is 1.99. The van der Waals surface area contributed by atoms with Crippen molar-refractivity contribution in [2.45, 2.75) is 0 Å². The molecule has 0 aliphatic heterocycles. The molecule has 7 nitrogen and oxygen atoms in total. The third-order valence-electron chi connectivity index (χ3n) is 3.29. The molecular weight excluding hydrogens is 362 g/mol. The quantitative estimate of drug-likeness (QED) is 0.718. The summed E-state index contributed by atoms with van der Waals surface area (Å²) in [5.74, 6) is -3.46. The van der Waals surface area contributed by atoms with Crippen LogP contribution in [0.1, 0.15) is 10.4 Å². The van der Waals surface area contributed by atoms with E-state index in [2.05, 4.69) is 15.4 Å². The van der Waals surface area contributed by atoms with Crippen LogP contribution in [-0.2, 0) is 14.3 Å². The lowest BCUT2D eigenvalue weighted by Crippen LogP contribution is -2.32. The smallest absolute Gasteiger partial charge is 0.325 e. The van der Waals surface area contributed by atoms with Crippen molar-refractivity contribution in [3.63, 3.8) is 0 Å². The molecule has 27 heavy (non-hydrogen) atoms. The first-order chi connectivity index (χ1) is 12.9. The van der Waals surface area contributed by atoms with Crippen LogP contribution in [0.15, 0.2) is 42.5 Å². The number of benzene rings is 2. The average molecular weight is 378 g/mol. The number of amides is 2. The van der Waals surface area contributed by atoms with Gasteiger partial charge in [-0.15, -0.1) is 0 Å². The van der Waals surface area contributed by atoms with Gasteiger partial charge in [0.15, 0.2) is 6.61 Å². The van der Waals surface area contributed by atoms with Gasteiger partial charge in [-0.3, -0.25) is 14.4 Å².